The third kappa shape index (κ3) is 5.12. The van der Waals surface area contributed by atoms with E-state index < -0.39 is 0 Å². The molecule has 0 fully saturated rings. The first-order valence-corrected chi connectivity index (χ1v) is 15.6. The number of nitrogens with zero attached hydrogens (tertiary/aromatic N) is 3. The van der Waals surface area contributed by atoms with Crippen LogP contribution in [0.4, 0.5) is 0 Å². The zero-order valence-electron chi connectivity index (χ0n) is 25.8. The van der Waals surface area contributed by atoms with Crippen molar-refractivity contribution in [3.8, 4) is 56.4 Å². The summed E-state index contributed by atoms with van der Waals surface area (Å²) in [7, 11) is 0. The molecule has 3 nitrogen and oxygen atoms in total. The Balaban J connectivity index is 1.42. The second-order valence-electron chi connectivity index (χ2n) is 11.8. The molecule has 0 aliphatic carbocycles. The molecule has 0 N–H and O–H groups in total. The molecule has 1 heterocycles. The Labute approximate surface area is 268 Å². The van der Waals surface area contributed by atoms with Gasteiger partial charge in [0.2, 0.25) is 0 Å². The third-order valence-corrected chi connectivity index (χ3v) is 8.66. The Morgan fingerprint density at radius 3 is 1.48 bits per heavy atom. The summed E-state index contributed by atoms with van der Waals surface area (Å²) in [5.41, 5.74) is 9.96. The van der Waals surface area contributed by atoms with Crippen LogP contribution in [0.25, 0.3) is 78.0 Å². The lowest BCUT2D eigenvalue weighted by molar-refractivity contribution is 1.07. The van der Waals surface area contributed by atoms with Gasteiger partial charge in [-0.25, -0.2) is 15.0 Å². The van der Waals surface area contributed by atoms with Crippen LogP contribution in [-0.4, -0.2) is 15.0 Å². The van der Waals surface area contributed by atoms with Gasteiger partial charge in [-0.2, -0.15) is 0 Å². The molecule has 0 saturated heterocycles. The molecule has 0 saturated carbocycles. The van der Waals surface area contributed by atoms with E-state index in [1.807, 2.05) is 60.7 Å². The predicted octanol–water partition coefficient (Wildman–Crippen LogP) is 11.1. The standard InChI is InChI=1S/C43H31N3/c1-28-21-22-36(29(2)23-28)33-24-34(40-27-32-17-9-10-18-37(32)38-19-11-12-20-39(38)40)26-35(25-33)43-45-41(30-13-5-3-6-14-30)44-42(46-43)31-15-7-4-8-16-31/h3-27H,1-2H3. The Hall–Kier alpha value is -5.93. The summed E-state index contributed by atoms with van der Waals surface area (Å²) in [5.74, 6) is 1.95. The molecule has 0 unspecified atom stereocenters. The van der Waals surface area contributed by atoms with E-state index in [0.29, 0.717) is 17.5 Å². The van der Waals surface area contributed by atoms with Crippen molar-refractivity contribution >= 4 is 21.5 Å². The van der Waals surface area contributed by atoms with Crippen LogP contribution in [0, 0.1) is 13.8 Å². The van der Waals surface area contributed by atoms with Gasteiger partial charge < -0.3 is 0 Å². The lowest BCUT2D eigenvalue weighted by atomic mass is 9.89. The number of aromatic nitrogens is 3. The van der Waals surface area contributed by atoms with Crippen LogP contribution in [0.3, 0.4) is 0 Å². The van der Waals surface area contributed by atoms with Crippen molar-refractivity contribution in [3.63, 3.8) is 0 Å². The first kappa shape index (κ1) is 27.6. The molecule has 218 valence electrons. The van der Waals surface area contributed by atoms with Crippen LogP contribution in [0.2, 0.25) is 0 Å². The van der Waals surface area contributed by atoms with E-state index in [-0.39, 0.29) is 0 Å². The molecular weight excluding hydrogens is 558 g/mol. The number of hydrogen-bond donors (Lipinski definition) is 0. The zero-order chi connectivity index (χ0) is 31.0. The van der Waals surface area contributed by atoms with Crippen molar-refractivity contribution in [1.29, 1.82) is 0 Å². The molecule has 0 radical (unpaired) electrons. The summed E-state index contributed by atoms with van der Waals surface area (Å²) in [5, 5.41) is 4.93. The van der Waals surface area contributed by atoms with Crippen molar-refractivity contribution < 1.29 is 0 Å². The number of aryl methyl sites for hydroxylation is 2. The van der Waals surface area contributed by atoms with Crippen LogP contribution >= 0.6 is 0 Å². The van der Waals surface area contributed by atoms with Gasteiger partial charge in [0.25, 0.3) is 0 Å². The number of fused-ring (bicyclic) bond motifs is 3. The van der Waals surface area contributed by atoms with E-state index in [0.717, 1.165) is 27.8 Å². The van der Waals surface area contributed by atoms with Crippen molar-refractivity contribution in [3.05, 3.63) is 163 Å². The molecule has 0 bridgehead atoms. The van der Waals surface area contributed by atoms with Crippen LogP contribution in [0.15, 0.2) is 152 Å². The average molecular weight is 590 g/mol. The summed E-state index contributed by atoms with van der Waals surface area (Å²) in [4.78, 5) is 15.1. The maximum atomic E-state index is 5.10. The van der Waals surface area contributed by atoms with E-state index in [1.165, 1.54) is 43.8 Å². The summed E-state index contributed by atoms with van der Waals surface area (Å²) < 4.78 is 0. The van der Waals surface area contributed by atoms with Crippen LogP contribution in [0.5, 0.6) is 0 Å². The smallest absolute Gasteiger partial charge is 0.164 e. The van der Waals surface area contributed by atoms with Gasteiger partial charge in [-0.3, -0.25) is 0 Å². The van der Waals surface area contributed by atoms with Gasteiger partial charge in [-0.1, -0.05) is 133 Å². The van der Waals surface area contributed by atoms with Gasteiger partial charge >= 0.3 is 0 Å². The van der Waals surface area contributed by atoms with Crippen molar-refractivity contribution in [2.24, 2.45) is 0 Å². The molecule has 1 aromatic heterocycles. The normalized spacial score (nSPS) is 11.3. The molecule has 8 aromatic rings. The molecule has 0 spiro atoms. The molecular formula is C43H31N3. The van der Waals surface area contributed by atoms with Gasteiger partial charge in [-0.05, 0) is 87.5 Å². The lowest BCUT2D eigenvalue weighted by Gasteiger charge is -2.16. The topological polar surface area (TPSA) is 38.7 Å². The Morgan fingerprint density at radius 1 is 0.348 bits per heavy atom. The first-order valence-electron chi connectivity index (χ1n) is 15.6. The summed E-state index contributed by atoms with van der Waals surface area (Å²) in [6.45, 7) is 4.32. The third-order valence-electron chi connectivity index (χ3n) is 8.66. The molecule has 46 heavy (non-hydrogen) atoms. The van der Waals surface area contributed by atoms with Crippen LogP contribution in [0.1, 0.15) is 11.1 Å². The second-order valence-corrected chi connectivity index (χ2v) is 11.8. The molecule has 3 heteroatoms. The highest BCUT2D eigenvalue weighted by Gasteiger charge is 2.17. The molecule has 0 atom stereocenters. The predicted molar refractivity (Wildman–Crippen MR) is 191 cm³/mol. The van der Waals surface area contributed by atoms with Crippen molar-refractivity contribution in [2.75, 3.05) is 0 Å². The largest absolute Gasteiger partial charge is 0.208 e. The minimum Gasteiger partial charge on any atom is -0.208 e. The quantitative estimate of drug-likeness (QED) is 0.187. The van der Waals surface area contributed by atoms with Crippen molar-refractivity contribution in [1.82, 2.24) is 15.0 Å². The van der Waals surface area contributed by atoms with Gasteiger partial charge in [0, 0.05) is 16.7 Å². The van der Waals surface area contributed by atoms with Crippen LogP contribution in [-0.2, 0) is 0 Å². The van der Waals surface area contributed by atoms with Gasteiger partial charge in [-0.15, -0.1) is 0 Å². The first-order chi connectivity index (χ1) is 22.6. The van der Waals surface area contributed by atoms with Gasteiger partial charge in [0.05, 0.1) is 0 Å². The van der Waals surface area contributed by atoms with Crippen LogP contribution < -0.4 is 0 Å². The Morgan fingerprint density at radius 2 is 0.848 bits per heavy atom. The minimum atomic E-state index is 0.644. The molecule has 8 rings (SSSR count). The molecule has 0 aliphatic heterocycles. The lowest BCUT2D eigenvalue weighted by Crippen LogP contribution is -2.00. The maximum Gasteiger partial charge on any atom is 0.164 e. The Kier molecular flexibility index (Phi) is 6.92. The Bertz CT molecular complexity index is 2320. The average Bonchev–Trinajstić information content (AvgIpc) is 3.11. The van der Waals surface area contributed by atoms with E-state index in [9.17, 15) is 0 Å². The molecule has 0 aliphatic rings. The molecule has 0 amide bonds. The summed E-state index contributed by atoms with van der Waals surface area (Å²) in [6, 6.07) is 53.4. The highest BCUT2D eigenvalue weighted by molar-refractivity contribution is 6.14. The highest BCUT2D eigenvalue weighted by Crippen LogP contribution is 2.39. The van der Waals surface area contributed by atoms with Gasteiger partial charge in [0.15, 0.2) is 17.5 Å². The second kappa shape index (κ2) is 11.5. The van der Waals surface area contributed by atoms with E-state index in [2.05, 4.69) is 105 Å². The number of benzene rings is 7. The van der Waals surface area contributed by atoms with Crippen molar-refractivity contribution in [2.45, 2.75) is 13.8 Å². The fourth-order valence-corrected chi connectivity index (χ4v) is 6.44. The SMILES string of the molecule is Cc1ccc(-c2cc(-c3nc(-c4ccccc4)nc(-c4ccccc4)n3)cc(-c3cc4ccccc4c4ccccc34)c2)c(C)c1. The zero-order valence-corrected chi connectivity index (χ0v) is 25.8. The summed E-state index contributed by atoms with van der Waals surface area (Å²) >= 11 is 0. The monoisotopic (exact) mass is 589 g/mol. The fraction of sp³-hybridized carbons (Fsp3) is 0.0465. The number of hydrogen-bond acceptors (Lipinski definition) is 3. The summed E-state index contributed by atoms with van der Waals surface area (Å²) in [6.07, 6.45) is 0. The fourth-order valence-electron chi connectivity index (χ4n) is 6.44. The van der Waals surface area contributed by atoms with E-state index >= 15 is 0 Å². The highest BCUT2D eigenvalue weighted by atomic mass is 15.0. The minimum absolute atomic E-state index is 0.644. The van der Waals surface area contributed by atoms with E-state index in [4.69, 9.17) is 15.0 Å². The van der Waals surface area contributed by atoms with Gasteiger partial charge in [0.1, 0.15) is 0 Å². The van der Waals surface area contributed by atoms with E-state index in [1.54, 1.807) is 0 Å². The maximum absolute atomic E-state index is 5.10. The number of rotatable bonds is 5. The molecule has 7 aromatic carbocycles.